The van der Waals surface area contributed by atoms with Crippen LogP contribution in [0.1, 0.15) is 41.6 Å². The Labute approximate surface area is 170 Å². The largest absolute Gasteiger partial charge is 0.446 e. The van der Waals surface area contributed by atoms with E-state index in [9.17, 15) is 27.2 Å². The van der Waals surface area contributed by atoms with Crippen LogP contribution in [0, 0.1) is 5.82 Å². The first kappa shape index (κ1) is 21.6. The summed E-state index contributed by atoms with van der Waals surface area (Å²) in [6.45, 7) is 0. The molecule has 9 heteroatoms. The molecule has 3 rings (SSSR count). The summed E-state index contributed by atoms with van der Waals surface area (Å²) in [5, 5.41) is 5.10. The lowest BCUT2D eigenvalue weighted by Gasteiger charge is -2.29. The zero-order valence-corrected chi connectivity index (χ0v) is 15.8. The van der Waals surface area contributed by atoms with Gasteiger partial charge in [-0.25, -0.2) is 9.18 Å². The molecule has 160 valence electrons. The average Bonchev–Trinajstić information content (AvgIpc) is 2.69. The Morgan fingerprint density at radius 2 is 1.70 bits per heavy atom. The van der Waals surface area contributed by atoms with E-state index in [4.69, 9.17) is 4.74 Å². The van der Waals surface area contributed by atoms with Crippen LogP contribution < -0.4 is 10.6 Å². The molecule has 0 radical (unpaired) electrons. The van der Waals surface area contributed by atoms with Crippen molar-refractivity contribution >= 4 is 17.7 Å². The average molecular weight is 424 g/mol. The third-order valence-electron chi connectivity index (χ3n) is 4.80. The van der Waals surface area contributed by atoms with E-state index < -0.39 is 47.3 Å². The molecule has 30 heavy (non-hydrogen) atoms. The molecule has 0 saturated heterocycles. The molecule has 0 spiro atoms. The molecule has 2 amide bonds. The van der Waals surface area contributed by atoms with Gasteiger partial charge in [-0.05, 0) is 55.7 Å². The van der Waals surface area contributed by atoms with Gasteiger partial charge in [0.25, 0.3) is 5.91 Å². The fourth-order valence-electron chi connectivity index (χ4n) is 3.41. The Hall–Kier alpha value is -3.10. The summed E-state index contributed by atoms with van der Waals surface area (Å²) < 4.78 is 57.6. The summed E-state index contributed by atoms with van der Waals surface area (Å²) in [5.74, 6) is -1.25. The van der Waals surface area contributed by atoms with Gasteiger partial charge >= 0.3 is 12.3 Å². The summed E-state index contributed by atoms with van der Waals surface area (Å²) in [6.07, 6.45) is -3.79. The van der Waals surface area contributed by atoms with Crippen molar-refractivity contribution in [3.8, 4) is 0 Å². The Kier molecular flexibility index (Phi) is 6.59. The van der Waals surface area contributed by atoms with Crippen molar-refractivity contribution in [2.24, 2.45) is 0 Å². The van der Waals surface area contributed by atoms with Crippen molar-refractivity contribution < 1.29 is 31.9 Å². The predicted molar refractivity (Wildman–Crippen MR) is 101 cm³/mol. The summed E-state index contributed by atoms with van der Waals surface area (Å²) >= 11 is 0. The number of amides is 2. The number of hydrogen-bond acceptors (Lipinski definition) is 3. The van der Waals surface area contributed by atoms with Crippen LogP contribution >= 0.6 is 0 Å². The number of carbonyl (C=O) groups excluding carboxylic acids is 2. The lowest BCUT2D eigenvalue weighted by atomic mass is 9.92. The van der Waals surface area contributed by atoms with Gasteiger partial charge in [-0.1, -0.05) is 12.1 Å². The number of halogens is 4. The standard InChI is InChI=1S/C21H20F4N2O3/c22-13-8-10-14(11-9-13)27-20(29)30-16-5-3-4-15(12-16)26-19(28)17-6-1-2-7-18(17)21(23,24)25/h1-2,6-11,15-16H,3-5,12H2,(H,26,28)(H,27,29)/t15-,16-/m0/s1. The van der Waals surface area contributed by atoms with E-state index in [0.29, 0.717) is 24.9 Å². The number of benzene rings is 2. The molecule has 1 fully saturated rings. The van der Waals surface area contributed by atoms with Crippen molar-refractivity contribution in [3.05, 3.63) is 65.5 Å². The highest BCUT2D eigenvalue weighted by atomic mass is 19.4. The lowest BCUT2D eigenvalue weighted by Crippen LogP contribution is -2.41. The van der Waals surface area contributed by atoms with E-state index in [1.165, 1.54) is 36.4 Å². The van der Waals surface area contributed by atoms with Gasteiger partial charge in [-0.2, -0.15) is 13.2 Å². The van der Waals surface area contributed by atoms with E-state index >= 15 is 0 Å². The van der Waals surface area contributed by atoms with Crippen molar-refractivity contribution in [1.29, 1.82) is 0 Å². The van der Waals surface area contributed by atoms with Crippen LogP contribution in [0.3, 0.4) is 0 Å². The number of carbonyl (C=O) groups is 2. The molecule has 0 unspecified atom stereocenters. The Bertz CT molecular complexity index is 900. The summed E-state index contributed by atoms with van der Waals surface area (Å²) in [7, 11) is 0. The van der Waals surface area contributed by atoms with Crippen LogP contribution in [-0.4, -0.2) is 24.1 Å². The molecule has 0 aliphatic heterocycles. The number of nitrogens with one attached hydrogen (secondary N) is 2. The molecular formula is C21H20F4N2O3. The van der Waals surface area contributed by atoms with E-state index in [1.807, 2.05) is 0 Å². The first-order chi connectivity index (χ1) is 14.2. The molecule has 0 aromatic heterocycles. The molecule has 1 saturated carbocycles. The molecule has 1 aliphatic rings. The molecular weight excluding hydrogens is 404 g/mol. The van der Waals surface area contributed by atoms with Crippen molar-refractivity contribution in [2.45, 2.75) is 44.0 Å². The molecule has 0 bridgehead atoms. The lowest BCUT2D eigenvalue weighted by molar-refractivity contribution is -0.137. The van der Waals surface area contributed by atoms with Crippen LogP contribution in [0.25, 0.3) is 0 Å². The molecule has 2 aromatic carbocycles. The van der Waals surface area contributed by atoms with E-state index in [2.05, 4.69) is 10.6 Å². The molecule has 2 aromatic rings. The third-order valence-corrected chi connectivity index (χ3v) is 4.80. The van der Waals surface area contributed by atoms with Crippen LogP contribution in [0.5, 0.6) is 0 Å². The van der Waals surface area contributed by atoms with Crippen molar-refractivity contribution in [3.63, 3.8) is 0 Å². The smallest absolute Gasteiger partial charge is 0.417 e. The van der Waals surface area contributed by atoms with E-state index in [1.54, 1.807) is 0 Å². The maximum atomic E-state index is 13.1. The second-order valence-corrected chi connectivity index (χ2v) is 7.04. The fraction of sp³-hybridized carbons (Fsp3) is 0.333. The molecule has 2 N–H and O–H groups in total. The van der Waals surface area contributed by atoms with Gasteiger partial charge in [0.15, 0.2) is 0 Å². The molecule has 5 nitrogen and oxygen atoms in total. The van der Waals surface area contributed by atoms with Crippen molar-refractivity contribution in [2.75, 3.05) is 5.32 Å². The number of anilines is 1. The zero-order chi connectivity index (χ0) is 21.7. The maximum absolute atomic E-state index is 13.1. The highest BCUT2D eigenvalue weighted by Gasteiger charge is 2.35. The Balaban J connectivity index is 1.57. The topological polar surface area (TPSA) is 67.4 Å². The van der Waals surface area contributed by atoms with Gasteiger partial charge in [0, 0.05) is 18.2 Å². The maximum Gasteiger partial charge on any atom is 0.417 e. The van der Waals surface area contributed by atoms with Gasteiger partial charge in [0.2, 0.25) is 0 Å². The zero-order valence-electron chi connectivity index (χ0n) is 15.8. The predicted octanol–water partition coefficient (Wildman–Crippen LogP) is 5.13. The van der Waals surface area contributed by atoms with E-state index in [-0.39, 0.29) is 6.42 Å². The van der Waals surface area contributed by atoms with Crippen LogP contribution in [0.4, 0.5) is 28.0 Å². The Morgan fingerprint density at radius 3 is 2.40 bits per heavy atom. The fourth-order valence-corrected chi connectivity index (χ4v) is 3.41. The second-order valence-electron chi connectivity index (χ2n) is 7.04. The summed E-state index contributed by atoms with van der Waals surface area (Å²) in [4.78, 5) is 24.4. The number of ether oxygens (including phenoxy) is 1. The number of hydrogen-bond donors (Lipinski definition) is 2. The molecule has 1 aliphatic carbocycles. The first-order valence-electron chi connectivity index (χ1n) is 9.42. The highest BCUT2D eigenvalue weighted by Crippen LogP contribution is 2.32. The third kappa shape index (κ3) is 5.71. The molecule has 0 heterocycles. The second kappa shape index (κ2) is 9.15. The van der Waals surface area contributed by atoms with Crippen LogP contribution in [0.15, 0.2) is 48.5 Å². The quantitative estimate of drug-likeness (QED) is 0.669. The minimum absolute atomic E-state index is 0.288. The highest BCUT2D eigenvalue weighted by molar-refractivity contribution is 5.96. The van der Waals surface area contributed by atoms with Gasteiger partial charge < -0.3 is 10.1 Å². The van der Waals surface area contributed by atoms with Gasteiger partial charge in [0.1, 0.15) is 11.9 Å². The van der Waals surface area contributed by atoms with Gasteiger partial charge in [-0.3, -0.25) is 10.1 Å². The number of rotatable bonds is 4. The SMILES string of the molecule is O=C(Nc1ccc(F)cc1)O[C@H]1CCC[C@H](NC(=O)c2ccccc2C(F)(F)F)C1. The van der Waals surface area contributed by atoms with Gasteiger partial charge in [-0.15, -0.1) is 0 Å². The minimum atomic E-state index is -4.63. The summed E-state index contributed by atoms with van der Waals surface area (Å²) in [5.41, 5.74) is -1.07. The van der Waals surface area contributed by atoms with Gasteiger partial charge in [0.05, 0.1) is 11.1 Å². The summed E-state index contributed by atoms with van der Waals surface area (Å²) in [6, 6.07) is 9.34. The minimum Gasteiger partial charge on any atom is -0.446 e. The Morgan fingerprint density at radius 1 is 1.00 bits per heavy atom. The molecule has 2 atom stereocenters. The van der Waals surface area contributed by atoms with E-state index in [0.717, 1.165) is 12.1 Å². The van der Waals surface area contributed by atoms with Crippen LogP contribution in [0.2, 0.25) is 0 Å². The first-order valence-corrected chi connectivity index (χ1v) is 9.42. The monoisotopic (exact) mass is 424 g/mol. The number of alkyl halides is 3. The van der Waals surface area contributed by atoms with Crippen LogP contribution in [-0.2, 0) is 10.9 Å². The normalized spacial score (nSPS) is 19.1. The van der Waals surface area contributed by atoms with Crippen molar-refractivity contribution in [1.82, 2.24) is 5.32 Å².